The van der Waals surface area contributed by atoms with Crippen LogP contribution in [0.25, 0.3) is 0 Å². The zero-order chi connectivity index (χ0) is 25.4. The van der Waals surface area contributed by atoms with Crippen LogP contribution in [0, 0.1) is 5.92 Å². The minimum absolute atomic E-state index is 0.0270. The number of ether oxygens (including phenoxy) is 1. The van der Waals surface area contributed by atoms with Crippen molar-refractivity contribution in [3.05, 3.63) is 29.1 Å². The number of aromatic nitrogens is 3. The monoisotopic (exact) mass is 499 g/mol. The lowest BCUT2D eigenvalue weighted by molar-refractivity contribution is 0.0127. The third-order valence-electron chi connectivity index (χ3n) is 7.96. The highest BCUT2D eigenvalue weighted by molar-refractivity contribution is 6.03. The van der Waals surface area contributed by atoms with Gasteiger partial charge in [0.2, 0.25) is 0 Å². The normalized spacial score (nSPS) is 25.3. The van der Waals surface area contributed by atoms with E-state index in [1.165, 1.54) is 6.39 Å². The van der Waals surface area contributed by atoms with Crippen LogP contribution in [0.5, 0.6) is 0 Å². The number of nitrogens with zero attached hydrogens (tertiary/aromatic N) is 5. The van der Waals surface area contributed by atoms with Crippen molar-refractivity contribution in [3.8, 4) is 0 Å². The third kappa shape index (κ3) is 4.61. The standard InChI is InChI=1S/C25H37N7O4/c1-5-20-22(26-14-36-20)24(33)27-23-19-13-32(17(4)21(19)28-29-23)25(34)31-11-15(2)30(10-16(31)3)12-18-6-8-35-9-7-18/h14-18H,5-13H2,1-4H3,(H2,27,28,29,33)/t15-,16+,17?/m1/s1. The molecule has 2 fully saturated rings. The fourth-order valence-electron chi connectivity index (χ4n) is 5.70. The van der Waals surface area contributed by atoms with E-state index in [9.17, 15) is 9.59 Å². The average Bonchev–Trinajstić information content (AvgIpc) is 3.58. The van der Waals surface area contributed by atoms with E-state index in [1.807, 2.05) is 23.6 Å². The van der Waals surface area contributed by atoms with Crippen LogP contribution in [0.4, 0.5) is 10.6 Å². The Morgan fingerprint density at radius 1 is 1.14 bits per heavy atom. The van der Waals surface area contributed by atoms with Crippen LogP contribution in [0.2, 0.25) is 0 Å². The first-order valence-electron chi connectivity index (χ1n) is 13.1. The van der Waals surface area contributed by atoms with E-state index in [4.69, 9.17) is 9.15 Å². The highest BCUT2D eigenvalue weighted by Gasteiger charge is 2.41. The number of amides is 3. The Balaban J connectivity index is 1.23. The first-order chi connectivity index (χ1) is 17.4. The lowest BCUT2D eigenvalue weighted by atomic mass is 9.97. The summed E-state index contributed by atoms with van der Waals surface area (Å²) in [4.78, 5) is 36.9. The molecule has 3 aliphatic heterocycles. The molecule has 36 heavy (non-hydrogen) atoms. The summed E-state index contributed by atoms with van der Waals surface area (Å²) < 4.78 is 10.8. The number of oxazole rings is 1. The molecule has 11 nitrogen and oxygen atoms in total. The zero-order valence-corrected chi connectivity index (χ0v) is 21.6. The molecule has 2 N–H and O–H groups in total. The number of aryl methyl sites for hydroxylation is 1. The summed E-state index contributed by atoms with van der Waals surface area (Å²) in [6, 6.07) is 0.290. The summed E-state index contributed by atoms with van der Waals surface area (Å²) in [5, 5.41) is 10.2. The summed E-state index contributed by atoms with van der Waals surface area (Å²) in [6.07, 6.45) is 4.08. The molecule has 2 aromatic heterocycles. The van der Waals surface area contributed by atoms with Gasteiger partial charge in [-0.15, -0.1) is 0 Å². The van der Waals surface area contributed by atoms with Crippen LogP contribution in [0.15, 0.2) is 10.8 Å². The third-order valence-corrected chi connectivity index (χ3v) is 7.96. The molecule has 0 spiro atoms. The largest absolute Gasteiger partial charge is 0.448 e. The number of hydrogen-bond donors (Lipinski definition) is 2. The topological polar surface area (TPSA) is 120 Å². The maximum atomic E-state index is 13.7. The van der Waals surface area contributed by atoms with Gasteiger partial charge >= 0.3 is 6.03 Å². The number of carbonyl (C=O) groups is 2. The highest BCUT2D eigenvalue weighted by atomic mass is 16.5. The van der Waals surface area contributed by atoms with E-state index in [1.54, 1.807) is 0 Å². The second-order valence-corrected chi connectivity index (χ2v) is 10.3. The van der Waals surface area contributed by atoms with Gasteiger partial charge in [0.25, 0.3) is 5.91 Å². The summed E-state index contributed by atoms with van der Waals surface area (Å²) in [6.45, 7) is 13.0. The van der Waals surface area contributed by atoms with Gasteiger partial charge in [-0.05, 0) is 39.5 Å². The lowest BCUT2D eigenvalue weighted by Gasteiger charge is -2.46. The number of H-pyrrole nitrogens is 1. The molecule has 196 valence electrons. The molecule has 0 aromatic carbocycles. The number of hydrogen-bond acceptors (Lipinski definition) is 7. The SMILES string of the molecule is CCc1ocnc1C(=O)Nc1n[nH]c2c1CN(C(=O)N1C[C@@H](C)N(CC3CCOCC3)C[C@@H]1C)C2C. The van der Waals surface area contributed by atoms with Crippen molar-refractivity contribution in [2.75, 3.05) is 38.2 Å². The fourth-order valence-corrected chi connectivity index (χ4v) is 5.70. The van der Waals surface area contributed by atoms with Crippen LogP contribution in [0.3, 0.4) is 0 Å². The van der Waals surface area contributed by atoms with E-state index in [0.717, 1.165) is 50.4 Å². The fraction of sp³-hybridized carbons (Fsp3) is 0.680. The van der Waals surface area contributed by atoms with Gasteiger partial charge in [0.1, 0.15) is 5.76 Å². The number of aromatic amines is 1. The summed E-state index contributed by atoms with van der Waals surface area (Å²) >= 11 is 0. The number of anilines is 1. The molecule has 0 bridgehead atoms. The van der Waals surface area contributed by atoms with Crippen molar-refractivity contribution >= 4 is 17.8 Å². The molecule has 0 radical (unpaired) electrons. The molecule has 11 heteroatoms. The first-order valence-corrected chi connectivity index (χ1v) is 13.1. The summed E-state index contributed by atoms with van der Waals surface area (Å²) in [5.41, 5.74) is 1.95. The quantitative estimate of drug-likeness (QED) is 0.649. The van der Waals surface area contributed by atoms with Crippen LogP contribution in [-0.2, 0) is 17.7 Å². The molecule has 5 heterocycles. The Morgan fingerprint density at radius 2 is 1.92 bits per heavy atom. The predicted octanol–water partition coefficient (Wildman–Crippen LogP) is 3.03. The molecule has 5 rings (SSSR count). The van der Waals surface area contributed by atoms with Crippen molar-refractivity contribution in [2.24, 2.45) is 5.92 Å². The zero-order valence-electron chi connectivity index (χ0n) is 21.6. The smallest absolute Gasteiger partial charge is 0.321 e. The van der Waals surface area contributed by atoms with Gasteiger partial charge < -0.3 is 24.3 Å². The molecule has 3 amide bonds. The Hall–Kier alpha value is -2.92. The van der Waals surface area contributed by atoms with Gasteiger partial charge in [0.05, 0.1) is 18.3 Å². The van der Waals surface area contributed by atoms with E-state index >= 15 is 0 Å². The minimum Gasteiger partial charge on any atom is -0.448 e. The van der Waals surface area contributed by atoms with Gasteiger partial charge in [-0.25, -0.2) is 9.78 Å². The predicted molar refractivity (Wildman–Crippen MR) is 133 cm³/mol. The Bertz CT molecular complexity index is 1090. The van der Waals surface area contributed by atoms with Crippen LogP contribution >= 0.6 is 0 Å². The number of fused-ring (bicyclic) bond motifs is 1. The minimum atomic E-state index is -0.365. The first kappa shape index (κ1) is 24.8. The number of rotatable bonds is 5. The van der Waals surface area contributed by atoms with Crippen molar-refractivity contribution in [3.63, 3.8) is 0 Å². The van der Waals surface area contributed by atoms with Crippen molar-refractivity contribution < 1.29 is 18.7 Å². The van der Waals surface area contributed by atoms with Gasteiger partial charge in [-0.2, -0.15) is 5.10 Å². The van der Waals surface area contributed by atoms with E-state index in [0.29, 0.717) is 43.0 Å². The highest BCUT2D eigenvalue weighted by Crippen LogP contribution is 2.37. The summed E-state index contributed by atoms with van der Waals surface area (Å²) in [5.74, 6) is 1.27. The van der Waals surface area contributed by atoms with Crippen LogP contribution in [-0.4, -0.2) is 86.8 Å². The number of nitrogens with one attached hydrogen (secondary N) is 2. The van der Waals surface area contributed by atoms with Crippen LogP contribution in [0.1, 0.15) is 74.1 Å². The van der Waals surface area contributed by atoms with E-state index < -0.39 is 0 Å². The number of urea groups is 1. The molecular formula is C25H37N7O4. The van der Waals surface area contributed by atoms with E-state index in [2.05, 4.69) is 39.2 Å². The molecule has 2 aromatic rings. The molecule has 3 aliphatic rings. The Labute approximate surface area is 211 Å². The van der Waals surface area contributed by atoms with Gasteiger partial charge in [-0.1, -0.05) is 6.92 Å². The summed E-state index contributed by atoms with van der Waals surface area (Å²) in [7, 11) is 0. The van der Waals surface area contributed by atoms with Crippen molar-refractivity contribution in [2.45, 2.75) is 71.6 Å². The maximum absolute atomic E-state index is 13.7. The number of carbonyl (C=O) groups excluding carboxylic acids is 2. The number of piperazine rings is 1. The second-order valence-electron chi connectivity index (χ2n) is 10.3. The molecule has 2 saturated heterocycles. The Kier molecular flexibility index (Phi) is 7.03. The maximum Gasteiger partial charge on any atom is 0.321 e. The average molecular weight is 500 g/mol. The Morgan fingerprint density at radius 3 is 2.67 bits per heavy atom. The lowest BCUT2D eigenvalue weighted by Crippen LogP contribution is -2.60. The van der Waals surface area contributed by atoms with Gasteiger partial charge in [0, 0.05) is 56.9 Å². The molecule has 0 aliphatic carbocycles. The molecule has 0 saturated carbocycles. The molecular weight excluding hydrogens is 462 g/mol. The van der Waals surface area contributed by atoms with Gasteiger partial charge in [-0.3, -0.25) is 14.8 Å². The second kappa shape index (κ2) is 10.2. The van der Waals surface area contributed by atoms with Crippen molar-refractivity contribution in [1.82, 2.24) is 29.9 Å². The van der Waals surface area contributed by atoms with E-state index in [-0.39, 0.29) is 29.7 Å². The van der Waals surface area contributed by atoms with Crippen molar-refractivity contribution in [1.29, 1.82) is 0 Å². The van der Waals surface area contributed by atoms with Gasteiger partial charge in [0.15, 0.2) is 17.9 Å². The van der Waals surface area contributed by atoms with Crippen LogP contribution < -0.4 is 5.32 Å². The molecule has 1 unspecified atom stereocenters. The molecule has 3 atom stereocenters.